The lowest BCUT2D eigenvalue weighted by Crippen LogP contribution is -1.93. The third-order valence-electron chi connectivity index (χ3n) is 2.31. The van der Waals surface area contributed by atoms with Gasteiger partial charge >= 0.3 is 0 Å². The molecular weight excluding hydrogens is 258 g/mol. The van der Waals surface area contributed by atoms with E-state index in [0.29, 0.717) is 17.1 Å². The number of halogens is 1. The van der Waals surface area contributed by atoms with Gasteiger partial charge in [0.1, 0.15) is 5.75 Å². The smallest absolute Gasteiger partial charge is 0.270 e. The second-order valence-electron chi connectivity index (χ2n) is 3.63. The van der Waals surface area contributed by atoms with Crippen molar-refractivity contribution in [1.82, 2.24) is 9.78 Å². The van der Waals surface area contributed by atoms with E-state index in [1.165, 1.54) is 18.2 Å². The van der Waals surface area contributed by atoms with Gasteiger partial charge in [0.2, 0.25) is 0 Å². The SMILES string of the molecule is Cn1cc(Oc2ccc([N+](=O)[O-])cc2CCl)cn1. The molecule has 0 saturated carbocycles. The molecule has 0 aliphatic rings. The molecule has 0 aliphatic carbocycles. The van der Waals surface area contributed by atoms with E-state index in [1.54, 1.807) is 24.1 Å². The molecule has 1 heterocycles. The van der Waals surface area contributed by atoms with Gasteiger partial charge in [-0.25, -0.2) is 0 Å². The Bertz CT molecular complexity index is 583. The molecule has 0 amide bonds. The summed E-state index contributed by atoms with van der Waals surface area (Å²) in [5.41, 5.74) is 0.555. The van der Waals surface area contributed by atoms with Gasteiger partial charge in [0, 0.05) is 24.7 Å². The van der Waals surface area contributed by atoms with Crippen LogP contribution in [0.4, 0.5) is 5.69 Å². The number of hydrogen-bond donors (Lipinski definition) is 0. The number of aromatic nitrogens is 2. The minimum atomic E-state index is -0.468. The Balaban J connectivity index is 2.30. The van der Waals surface area contributed by atoms with Gasteiger partial charge in [-0.2, -0.15) is 5.10 Å². The van der Waals surface area contributed by atoms with E-state index in [2.05, 4.69) is 5.10 Å². The molecule has 18 heavy (non-hydrogen) atoms. The van der Waals surface area contributed by atoms with Crippen LogP contribution >= 0.6 is 11.6 Å². The number of alkyl halides is 1. The highest BCUT2D eigenvalue weighted by atomic mass is 35.5. The Morgan fingerprint density at radius 2 is 2.33 bits per heavy atom. The zero-order chi connectivity index (χ0) is 13.1. The zero-order valence-electron chi connectivity index (χ0n) is 9.54. The van der Waals surface area contributed by atoms with Crippen molar-refractivity contribution >= 4 is 17.3 Å². The molecular formula is C11H10ClN3O3. The lowest BCUT2D eigenvalue weighted by molar-refractivity contribution is -0.384. The lowest BCUT2D eigenvalue weighted by Gasteiger charge is -2.07. The molecule has 0 atom stereocenters. The fraction of sp³-hybridized carbons (Fsp3) is 0.182. The van der Waals surface area contributed by atoms with E-state index >= 15 is 0 Å². The molecule has 2 rings (SSSR count). The van der Waals surface area contributed by atoms with E-state index in [4.69, 9.17) is 16.3 Å². The van der Waals surface area contributed by atoms with Gasteiger partial charge in [-0.1, -0.05) is 0 Å². The van der Waals surface area contributed by atoms with Crippen LogP contribution in [0.5, 0.6) is 11.5 Å². The Morgan fingerprint density at radius 1 is 1.56 bits per heavy atom. The average molecular weight is 268 g/mol. The molecule has 0 N–H and O–H groups in total. The van der Waals surface area contributed by atoms with E-state index in [9.17, 15) is 10.1 Å². The van der Waals surface area contributed by atoms with Gasteiger partial charge in [0.05, 0.1) is 23.2 Å². The second kappa shape index (κ2) is 5.05. The number of nitro benzene ring substituents is 1. The number of benzene rings is 1. The summed E-state index contributed by atoms with van der Waals surface area (Å²) in [6, 6.07) is 4.31. The van der Waals surface area contributed by atoms with Gasteiger partial charge in [0.25, 0.3) is 5.69 Å². The average Bonchev–Trinajstić information content (AvgIpc) is 2.75. The predicted molar refractivity (Wildman–Crippen MR) is 65.9 cm³/mol. The Morgan fingerprint density at radius 3 is 2.89 bits per heavy atom. The molecule has 0 unspecified atom stereocenters. The van der Waals surface area contributed by atoms with Crippen molar-refractivity contribution in [2.24, 2.45) is 7.05 Å². The highest BCUT2D eigenvalue weighted by Crippen LogP contribution is 2.29. The minimum absolute atomic E-state index is 0.0100. The Kier molecular flexibility index (Phi) is 3.47. The zero-order valence-corrected chi connectivity index (χ0v) is 10.3. The van der Waals surface area contributed by atoms with Crippen molar-refractivity contribution < 1.29 is 9.66 Å². The molecule has 0 aliphatic heterocycles. The van der Waals surface area contributed by atoms with Gasteiger partial charge in [-0.15, -0.1) is 11.6 Å². The molecule has 7 heteroatoms. The van der Waals surface area contributed by atoms with Gasteiger partial charge in [0.15, 0.2) is 5.75 Å². The first-order chi connectivity index (χ1) is 8.60. The monoisotopic (exact) mass is 267 g/mol. The number of aryl methyl sites for hydroxylation is 1. The highest BCUT2D eigenvalue weighted by molar-refractivity contribution is 6.17. The first kappa shape index (κ1) is 12.4. The first-order valence-electron chi connectivity index (χ1n) is 5.10. The number of ether oxygens (including phenoxy) is 1. The standard InChI is InChI=1S/C11H10ClN3O3/c1-14-7-10(6-13-14)18-11-3-2-9(15(16)17)4-8(11)5-12/h2-4,6-7H,5H2,1H3. The molecule has 94 valence electrons. The van der Waals surface area contributed by atoms with Crippen LogP contribution in [0, 0.1) is 10.1 Å². The van der Waals surface area contributed by atoms with E-state index < -0.39 is 4.92 Å². The van der Waals surface area contributed by atoms with Gasteiger partial charge in [-0.3, -0.25) is 14.8 Å². The van der Waals surface area contributed by atoms with E-state index in [0.717, 1.165) is 0 Å². The lowest BCUT2D eigenvalue weighted by atomic mass is 10.2. The second-order valence-corrected chi connectivity index (χ2v) is 3.90. The van der Waals surface area contributed by atoms with Crippen molar-refractivity contribution in [3.8, 4) is 11.5 Å². The summed E-state index contributed by atoms with van der Waals surface area (Å²) >= 11 is 5.76. The molecule has 0 fully saturated rings. The van der Waals surface area contributed by atoms with Crippen molar-refractivity contribution in [2.45, 2.75) is 5.88 Å². The maximum absolute atomic E-state index is 10.7. The third-order valence-corrected chi connectivity index (χ3v) is 2.60. The normalized spacial score (nSPS) is 10.3. The summed E-state index contributed by atoms with van der Waals surface area (Å²) in [5, 5.41) is 14.6. The summed E-state index contributed by atoms with van der Waals surface area (Å²) < 4.78 is 7.16. The molecule has 1 aromatic carbocycles. The summed E-state index contributed by atoms with van der Waals surface area (Å²) in [6.45, 7) is 0. The van der Waals surface area contributed by atoms with Crippen molar-refractivity contribution in [1.29, 1.82) is 0 Å². The quantitative estimate of drug-likeness (QED) is 0.485. The predicted octanol–water partition coefficient (Wildman–Crippen LogP) is 2.86. The van der Waals surface area contributed by atoms with Crippen LogP contribution in [0.1, 0.15) is 5.56 Å². The Labute approximate surface area is 108 Å². The van der Waals surface area contributed by atoms with Crippen LogP contribution in [-0.2, 0) is 12.9 Å². The maximum atomic E-state index is 10.7. The van der Waals surface area contributed by atoms with Crippen molar-refractivity contribution in [3.63, 3.8) is 0 Å². The molecule has 1 aromatic heterocycles. The topological polar surface area (TPSA) is 70.2 Å². The number of non-ortho nitro benzene ring substituents is 1. The Hall–Kier alpha value is -2.08. The number of nitrogens with zero attached hydrogens (tertiary/aromatic N) is 3. The number of rotatable bonds is 4. The summed E-state index contributed by atoms with van der Waals surface area (Å²) in [7, 11) is 1.77. The van der Waals surface area contributed by atoms with Crippen LogP contribution in [-0.4, -0.2) is 14.7 Å². The largest absolute Gasteiger partial charge is 0.454 e. The maximum Gasteiger partial charge on any atom is 0.270 e. The fourth-order valence-electron chi connectivity index (χ4n) is 1.46. The van der Waals surface area contributed by atoms with Crippen molar-refractivity contribution in [2.75, 3.05) is 0 Å². The van der Waals surface area contributed by atoms with Crippen LogP contribution in [0.25, 0.3) is 0 Å². The summed E-state index contributed by atoms with van der Waals surface area (Å²) in [5.74, 6) is 1.18. The van der Waals surface area contributed by atoms with Crippen LogP contribution in [0.15, 0.2) is 30.6 Å². The number of nitro groups is 1. The molecule has 6 nitrogen and oxygen atoms in total. The third kappa shape index (κ3) is 2.60. The molecule has 0 spiro atoms. The van der Waals surface area contributed by atoms with E-state index in [-0.39, 0.29) is 11.6 Å². The highest BCUT2D eigenvalue weighted by Gasteiger charge is 2.12. The van der Waals surface area contributed by atoms with Crippen LogP contribution in [0.2, 0.25) is 0 Å². The number of hydrogen-bond acceptors (Lipinski definition) is 4. The van der Waals surface area contributed by atoms with Crippen LogP contribution < -0.4 is 4.74 Å². The van der Waals surface area contributed by atoms with Gasteiger partial charge in [-0.05, 0) is 6.07 Å². The molecule has 0 saturated heterocycles. The van der Waals surface area contributed by atoms with Crippen molar-refractivity contribution in [3.05, 3.63) is 46.3 Å². The molecule has 0 radical (unpaired) electrons. The van der Waals surface area contributed by atoms with E-state index in [1.807, 2.05) is 0 Å². The van der Waals surface area contributed by atoms with Gasteiger partial charge < -0.3 is 4.74 Å². The fourth-order valence-corrected chi connectivity index (χ4v) is 1.67. The summed E-state index contributed by atoms with van der Waals surface area (Å²) in [4.78, 5) is 10.2. The van der Waals surface area contributed by atoms with Crippen LogP contribution in [0.3, 0.4) is 0 Å². The molecule has 2 aromatic rings. The molecule has 0 bridgehead atoms. The summed E-state index contributed by atoms with van der Waals surface area (Å²) in [6.07, 6.45) is 3.25. The minimum Gasteiger partial charge on any atom is -0.454 e. The first-order valence-corrected chi connectivity index (χ1v) is 5.63.